The topological polar surface area (TPSA) is 98.1 Å². The fourth-order valence-corrected chi connectivity index (χ4v) is 3.56. The van der Waals surface area contributed by atoms with Crippen molar-refractivity contribution in [3.63, 3.8) is 0 Å². The summed E-state index contributed by atoms with van der Waals surface area (Å²) in [7, 11) is 1.49. The largest absolute Gasteiger partial charge is 0.478 e. The minimum absolute atomic E-state index is 0.141. The Balaban J connectivity index is 1.85. The van der Waals surface area contributed by atoms with Crippen LogP contribution in [0.25, 0.3) is 16.9 Å². The first-order valence-corrected chi connectivity index (χ1v) is 10.8. The van der Waals surface area contributed by atoms with E-state index in [9.17, 15) is 22.8 Å². The van der Waals surface area contributed by atoms with Crippen LogP contribution in [0.3, 0.4) is 0 Å². The second-order valence-corrected chi connectivity index (χ2v) is 7.73. The maximum absolute atomic E-state index is 13.4. The number of methoxy groups -OCH3 is 1. The summed E-state index contributed by atoms with van der Waals surface area (Å²) in [6.07, 6.45) is 0.368. The quantitative estimate of drug-likeness (QED) is 0.477. The molecule has 9 nitrogen and oxygen atoms in total. The molecule has 3 aromatic rings. The molecule has 35 heavy (non-hydrogen) atoms. The number of hydrogen-bond donors (Lipinski definition) is 1. The summed E-state index contributed by atoms with van der Waals surface area (Å²) in [6, 6.07) is 3.36. The summed E-state index contributed by atoms with van der Waals surface area (Å²) in [6.45, 7) is 3.51. The Bertz CT molecular complexity index is 1200. The molecule has 0 saturated heterocycles. The molecule has 188 valence electrons. The van der Waals surface area contributed by atoms with Gasteiger partial charge < -0.3 is 24.1 Å². The predicted octanol–water partition coefficient (Wildman–Crippen LogP) is 3.99. The number of carbonyl (C=O) groups excluding carboxylic acids is 2. The van der Waals surface area contributed by atoms with Crippen LogP contribution in [0.15, 0.2) is 42.9 Å². The van der Waals surface area contributed by atoms with Gasteiger partial charge >= 0.3 is 18.2 Å². The van der Waals surface area contributed by atoms with Crippen molar-refractivity contribution in [1.82, 2.24) is 24.6 Å². The second-order valence-electron chi connectivity index (χ2n) is 7.73. The molecule has 1 N–H and O–H groups in total. The van der Waals surface area contributed by atoms with Crippen molar-refractivity contribution in [2.45, 2.75) is 39.0 Å². The van der Waals surface area contributed by atoms with Crippen LogP contribution in [-0.4, -0.2) is 63.7 Å². The zero-order valence-electron chi connectivity index (χ0n) is 19.7. The van der Waals surface area contributed by atoms with Gasteiger partial charge in [-0.05, 0) is 25.5 Å². The van der Waals surface area contributed by atoms with Crippen LogP contribution in [-0.2, 0) is 9.53 Å². The lowest BCUT2D eigenvalue weighted by atomic mass is 10.0. The van der Waals surface area contributed by atoms with Gasteiger partial charge in [-0.3, -0.25) is 4.79 Å². The van der Waals surface area contributed by atoms with Gasteiger partial charge in [0.15, 0.2) is 11.7 Å². The van der Waals surface area contributed by atoms with E-state index in [1.165, 1.54) is 12.0 Å². The molecule has 1 aromatic carbocycles. The molecule has 0 aliphatic heterocycles. The van der Waals surface area contributed by atoms with Crippen LogP contribution in [0.4, 0.5) is 18.0 Å². The van der Waals surface area contributed by atoms with Crippen molar-refractivity contribution in [3.8, 4) is 17.1 Å². The first-order chi connectivity index (χ1) is 16.5. The lowest BCUT2D eigenvalue weighted by molar-refractivity contribution is -0.171. The molecule has 0 aliphatic carbocycles. The van der Waals surface area contributed by atoms with E-state index < -0.39 is 36.9 Å². The molecule has 2 unspecified atom stereocenters. The van der Waals surface area contributed by atoms with E-state index in [-0.39, 0.29) is 6.54 Å². The number of nitrogens with one attached hydrogen (secondary N) is 1. The first kappa shape index (κ1) is 25.8. The number of urea groups is 1. The van der Waals surface area contributed by atoms with E-state index in [0.29, 0.717) is 22.8 Å². The maximum atomic E-state index is 13.4. The molecule has 2 amide bonds. The Hall–Kier alpha value is -3.83. The molecule has 3 rings (SSSR count). The van der Waals surface area contributed by atoms with Gasteiger partial charge in [0, 0.05) is 37.6 Å². The van der Waals surface area contributed by atoms with Crippen LogP contribution in [0, 0.1) is 0 Å². The average Bonchev–Trinajstić information content (AvgIpc) is 3.29. The first-order valence-electron chi connectivity index (χ1n) is 10.8. The third-order valence-electron chi connectivity index (χ3n) is 5.42. The number of rotatable bonds is 8. The Morgan fingerprint density at radius 3 is 2.66 bits per heavy atom. The number of fused-ring (bicyclic) bond motifs is 1. The zero-order valence-corrected chi connectivity index (χ0v) is 19.7. The van der Waals surface area contributed by atoms with Gasteiger partial charge in [-0.25, -0.2) is 14.8 Å². The molecule has 0 radical (unpaired) electrons. The highest BCUT2D eigenvalue weighted by atomic mass is 19.4. The molecular formula is C23H26F3N5O4. The summed E-state index contributed by atoms with van der Waals surface area (Å²) in [5, 5.41) is 1.94. The summed E-state index contributed by atoms with van der Waals surface area (Å²) >= 11 is 0. The predicted molar refractivity (Wildman–Crippen MR) is 121 cm³/mol. The van der Waals surface area contributed by atoms with Gasteiger partial charge in [0.2, 0.25) is 0 Å². The Morgan fingerprint density at radius 2 is 2.03 bits per heavy atom. The summed E-state index contributed by atoms with van der Waals surface area (Å²) in [5.74, 6) is -0.531. The number of nitrogens with zero attached hydrogens (tertiary/aromatic N) is 4. The highest BCUT2D eigenvalue weighted by molar-refractivity contribution is 5.75. The molecule has 2 heterocycles. The highest BCUT2D eigenvalue weighted by Gasteiger charge is 2.42. The van der Waals surface area contributed by atoms with Gasteiger partial charge in [0.1, 0.15) is 6.61 Å². The third kappa shape index (κ3) is 6.00. The lowest BCUT2D eigenvalue weighted by Gasteiger charge is -2.31. The average molecular weight is 493 g/mol. The SMILES string of the molecule is CCN(C(=O)NC(COC(C)=O)C(F)(F)F)C(C)c1cccc(-c2cn3ccnc3c(OC)n2)c1. The lowest BCUT2D eigenvalue weighted by Crippen LogP contribution is -2.53. The van der Waals surface area contributed by atoms with Gasteiger partial charge in [0.25, 0.3) is 5.88 Å². The van der Waals surface area contributed by atoms with E-state index in [1.54, 1.807) is 49.0 Å². The summed E-state index contributed by atoms with van der Waals surface area (Å²) in [4.78, 5) is 33.7. The van der Waals surface area contributed by atoms with Crippen LogP contribution < -0.4 is 10.1 Å². The number of halogens is 3. The van der Waals surface area contributed by atoms with E-state index >= 15 is 0 Å². The van der Waals surface area contributed by atoms with Gasteiger partial charge in [-0.2, -0.15) is 13.2 Å². The minimum Gasteiger partial charge on any atom is -0.478 e. The minimum atomic E-state index is -4.79. The van der Waals surface area contributed by atoms with Crippen LogP contribution in [0.2, 0.25) is 0 Å². The summed E-state index contributed by atoms with van der Waals surface area (Å²) < 4.78 is 51.7. The number of imidazole rings is 1. The van der Waals surface area contributed by atoms with Crippen molar-refractivity contribution in [1.29, 1.82) is 0 Å². The van der Waals surface area contributed by atoms with E-state index in [2.05, 4.69) is 14.7 Å². The van der Waals surface area contributed by atoms with Crippen molar-refractivity contribution in [2.75, 3.05) is 20.3 Å². The number of alkyl halides is 3. The molecule has 0 saturated carbocycles. The Kier molecular flexibility index (Phi) is 7.82. The summed E-state index contributed by atoms with van der Waals surface area (Å²) in [5.41, 5.74) is 2.56. The van der Waals surface area contributed by atoms with Crippen LogP contribution in [0.5, 0.6) is 5.88 Å². The molecule has 12 heteroatoms. The van der Waals surface area contributed by atoms with Crippen LogP contribution in [0.1, 0.15) is 32.4 Å². The molecule has 2 aromatic heterocycles. The number of hydrogen-bond acceptors (Lipinski definition) is 6. The Morgan fingerprint density at radius 1 is 1.29 bits per heavy atom. The standard InChI is InChI=1S/C23H26F3N5O4/c1-5-31(22(33)29-19(23(24,25)26)13-35-15(3)32)14(2)16-7-6-8-17(11-16)18-12-30-10-9-27-20(30)21(28-18)34-4/h6-12,14,19H,5,13H2,1-4H3,(H,29,33). The fraction of sp³-hybridized carbons (Fsp3) is 0.391. The number of esters is 1. The fourth-order valence-electron chi connectivity index (χ4n) is 3.56. The molecular weight excluding hydrogens is 467 g/mol. The molecule has 2 atom stereocenters. The third-order valence-corrected chi connectivity index (χ3v) is 5.42. The van der Waals surface area contributed by atoms with E-state index in [4.69, 9.17) is 4.74 Å². The number of amides is 2. The molecule has 0 fully saturated rings. The number of aromatic nitrogens is 3. The van der Waals surface area contributed by atoms with Gasteiger partial charge in [0.05, 0.1) is 18.8 Å². The van der Waals surface area contributed by atoms with Crippen molar-refractivity contribution < 1.29 is 32.2 Å². The van der Waals surface area contributed by atoms with Gasteiger partial charge in [-0.1, -0.05) is 18.2 Å². The van der Waals surface area contributed by atoms with Crippen molar-refractivity contribution >= 4 is 17.6 Å². The van der Waals surface area contributed by atoms with Crippen LogP contribution >= 0.6 is 0 Å². The Labute approximate surface area is 199 Å². The molecule has 0 spiro atoms. The monoisotopic (exact) mass is 493 g/mol. The van der Waals surface area contributed by atoms with E-state index in [0.717, 1.165) is 12.5 Å². The number of carbonyl (C=O) groups is 2. The molecule has 0 bridgehead atoms. The highest BCUT2D eigenvalue weighted by Crippen LogP contribution is 2.28. The number of ether oxygens (including phenoxy) is 2. The second kappa shape index (κ2) is 10.6. The van der Waals surface area contributed by atoms with E-state index in [1.807, 2.05) is 17.4 Å². The van der Waals surface area contributed by atoms with Crippen molar-refractivity contribution in [2.24, 2.45) is 0 Å². The molecule has 0 aliphatic rings. The van der Waals surface area contributed by atoms with Gasteiger partial charge in [-0.15, -0.1) is 0 Å². The zero-order chi connectivity index (χ0) is 25.8. The number of benzene rings is 1. The maximum Gasteiger partial charge on any atom is 0.412 e. The smallest absolute Gasteiger partial charge is 0.412 e. The van der Waals surface area contributed by atoms with Crippen molar-refractivity contribution in [3.05, 3.63) is 48.4 Å². The normalized spacial score (nSPS) is 13.2.